The molecule has 7 N–H and O–H groups in total. The zero-order chi connectivity index (χ0) is 25.7. The number of hydrogen-bond acceptors (Lipinski definition) is 9. The summed E-state index contributed by atoms with van der Waals surface area (Å²) in [6, 6.07) is 9.14. The number of methoxy groups -OCH3 is 1. The lowest BCUT2D eigenvalue weighted by atomic mass is 9.76. The summed E-state index contributed by atoms with van der Waals surface area (Å²) in [7, 11) is 1.17. The molecule has 0 aliphatic heterocycles. The van der Waals surface area contributed by atoms with Crippen molar-refractivity contribution in [3.63, 3.8) is 0 Å². The van der Waals surface area contributed by atoms with Crippen LogP contribution in [0.15, 0.2) is 71.2 Å². The fourth-order valence-electron chi connectivity index (χ4n) is 4.19. The maximum atomic E-state index is 10.9. The molecule has 2 aliphatic carbocycles. The number of hydrogen-bond donors (Lipinski definition) is 7. The molecule has 0 spiro atoms. The number of carbonyl (C=O) groups excluding carboxylic acids is 1. The Morgan fingerprint density at radius 3 is 2.14 bits per heavy atom. The van der Waals surface area contributed by atoms with Gasteiger partial charge in [0.05, 0.1) is 12.7 Å². The van der Waals surface area contributed by atoms with Crippen LogP contribution in [-0.2, 0) is 4.74 Å². The highest BCUT2D eigenvalue weighted by Crippen LogP contribution is 2.42. The maximum absolute atomic E-state index is 10.9. The number of phenols is 4. The Morgan fingerprint density at radius 1 is 0.914 bits per heavy atom. The van der Waals surface area contributed by atoms with E-state index in [9.17, 15) is 25.2 Å². The second kappa shape index (κ2) is 10.9. The number of benzene rings is 2. The number of aliphatic hydroxyl groups excluding tert-OH is 3. The summed E-state index contributed by atoms with van der Waals surface area (Å²) in [5.41, 5.74) is 2.84. The summed E-state index contributed by atoms with van der Waals surface area (Å²) >= 11 is 0. The molecule has 9 nitrogen and oxygen atoms in total. The van der Waals surface area contributed by atoms with Gasteiger partial charge < -0.3 is 40.5 Å². The number of allylic oxidation sites excluding steroid dienone is 2. The van der Waals surface area contributed by atoms with E-state index in [1.54, 1.807) is 18.2 Å². The number of ether oxygens (including phenoxy) is 1. The standard InChI is InChI=1S/C18H20O4.C8H8O5/c19-12-7-5-11(6-8-12)13-3-1-2-4-14(13)15-9-10-16(20)18(22)17(15)21;1-13-8(12)4-2-5(9)7(11)6(10)3-4/h5-10,13,17,19-22H,1-4H2;2-3,9-11H,1H3. The van der Waals surface area contributed by atoms with Crippen molar-refractivity contribution in [1.29, 1.82) is 0 Å². The van der Waals surface area contributed by atoms with E-state index in [4.69, 9.17) is 15.3 Å². The number of aliphatic hydroxyl groups is 3. The largest absolute Gasteiger partial charge is 0.508 e. The van der Waals surface area contributed by atoms with Crippen molar-refractivity contribution in [3.8, 4) is 23.0 Å². The molecule has 2 aromatic carbocycles. The molecule has 0 saturated heterocycles. The van der Waals surface area contributed by atoms with Gasteiger partial charge in [0.1, 0.15) is 11.9 Å². The van der Waals surface area contributed by atoms with Gasteiger partial charge in [-0.1, -0.05) is 30.2 Å². The third-order valence-electron chi connectivity index (χ3n) is 6.00. The van der Waals surface area contributed by atoms with Gasteiger partial charge in [0.15, 0.2) is 28.8 Å². The van der Waals surface area contributed by atoms with E-state index in [0.29, 0.717) is 5.57 Å². The number of esters is 1. The Kier molecular flexibility index (Phi) is 7.93. The van der Waals surface area contributed by atoms with E-state index in [0.717, 1.165) is 49.0 Å². The first-order valence-electron chi connectivity index (χ1n) is 11.0. The van der Waals surface area contributed by atoms with Gasteiger partial charge >= 0.3 is 5.97 Å². The minimum absolute atomic E-state index is 0.0321. The highest BCUT2D eigenvalue weighted by Gasteiger charge is 2.29. The van der Waals surface area contributed by atoms with Gasteiger partial charge in [-0.3, -0.25) is 0 Å². The SMILES string of the molecule is COC(=O)c1cc(O)c(O)c(O)c1.OC1=C(O)C(O)C(=C2CCCCC2c2ccc(O)cc2)C=C1. The Labute approximate surface area is 201 Å². The van der Waals surface area contributed by atoms with Crippen molar-refractivity contribution in [1.82, 2.24) is 0 Å². The van der Waals surface area contributed by atoms with Gasteiger partial charge in [0.25, 0.3) is 0 Å². The molecule has 0 heterocycles. The van der Waals surface area contributed by atoms with Gasteiger partial charge in [0, 0.05) is 5.92 Å². The number of aromatic hydroxyl groups is 4. The van der Waals surface area contributed by atoms with E-state index in [1.807, 2.05) is 12.1 Å². The quantitative estimate of drug-likeness (QED) is 0.244. The van der Waals surface area contributed by atoms with Crippen LogP contribution in [-0.4, -0.2) is 54.9 Å². The van der Waals surface area contributed by atoms with Crippen LogP contribution < -0.4 is 0 Å². The molecule has 2 unspecified atom stereocenters. The highest BCUT2D eigenvalue weighted by atomic mass is 16.5. The Balaban J connectivity index is 0.000000225. The van der Waals surface area contributed by atoms with E-state index in [-0.39, 0.29) is 28.7 Å². The normalized spacial score (nSPS) is 21.8. The molecule has 2 atom stereocenters. The second-order valence-corrected chi connectivity index (χ2v) is 8.23. The topological polar surface area (TPSA) is 168 Å². The van der Waals surface area contributed by atoms with Crippen molar-refractivity contribution >= 4 is 5.97 Å². The Bertz CT molecular complexity index is 1150. The average Bonchev–Trinajstić information content (AvgIpc) is 2.86. The lowest BCUT2D eigenvalue weighted by Crippen LogP contribution is -2.22. The van der Waals surface area contributed by atoms with E-state index < -0.39 is 29.3 Å². The van der Waals surface area contributed by atoms with E-state index >= 15 is 0 Å². The molecule has 2 aromatic rings. The zero-order valence-corrected chi connectivity index (χ0v) is 19.0. The summed E-state index contributed by atoms with van der Waals surface area (Å²) in [6.45, 7) is 0. The van der Waals surface area contributed by atoms with Crippen molar-refractivity contribution in [3.05, 3.63) is 82.3 Å². The second-order valence-electron chi connectivity index (χ2n) is 8.23. The molecule has 1 saturated carbocycles. The number of phenolic OH excluding ortho intramolecular Hbond substituents is 4. The zero-order valence-electron chi connectivity index (χ0n) is 19.0. The fourth-order valence-corrected chi connectivity index (χ4v) is 4.19. The molecule has 0 bridgehead atoms. The Morgan fingerprint density at radius 2 is 1.54 bits per heavy atom. The smallest absolute Gasteiger partial charge is 0.338 e. The molecule has 0 amide bonds. The van der Waals surface area contributed by atoms with Crippen molar-refractivity contribution in [2.75, 3.05) is 7.11 Å². The lowest BCUT2D eigenvalue weighted by molar-refractivity contribution is 0.0599. The van der Waals surface area contributed by atoms with E-state index in [2.05, 4.69) is 4.74 Å². The molecular formula is C26H28O9. The van der Waals surface area contributed by atoms with Crippen LogP contribution in [0.3, 0.4) is 0 Å². The third kappa shape index (κ3) is 5.70. The van der Waals surface area contributed by atoms with Gasteiger partial charge in [-0.2, -0.15) is 0 Å². The molecule has 1 fully saturated rings. The van der Waals surface area contributed by atoms with Crippen LogP contribution in [0.1, 0.15) is 47.5 Å². The highest BCUT2D eigenvalue weighted by molar-refractivity contribution is 5.90. The molecule has 9 heteroatoms. The molecule has 0 aromatic heterocycles. The first-order valence-corrected chi connectivity index (χ1v) is 11.0. The average molecular weight is 485 g/mol. The van der Waals surface area contributed by atoms with Gasteiger partial charge in [-0.25, -0.2) is 4.79 Å². The fraction of sp³-hybridized carbons (Fsp3) is 0.269. The van der Waals surface area contributed by atoms with Crippen LogP contribution in [0.25, 0.3) is 0 Å². The van der Waals surface area contributed by atoms with Crippen LogP contribution >= 0.6 is 0 Å². The molecular weight excluding hydrogens is 456 g/mol. The predicted octanol–water partition coefficient (Wildman–Crippen LogP) is 4.19. The van der Waals surface area contributed by atoms with Gasteiger partial charge in [-0.15, -0.1) is 0 Å². The number of rotatable bonds is 2. The third-order valence-corrected chi connectivity index (χ3v) is 6.00. The molecule has 4 rings (SSSR count). The molecule has 2 aliphatic rings. The summed E-state index contributed by atoms with van der Waals surface area (Å²) in [4.78, 5) is 10.9. The monoisotopic (exact) mass is 484 g/mol. The minimum Gasteiger partial charge on any atom is -0.508 e. The first kappa shape index (κ1) is 25.5. The molecule has 0 radical (unpaired) electrons. The van der Waals surface area contributed by atoms with Crippen molar-refractivity contribution in [2.45, 2.75) is 37.7 Å². The van der Waals surface area contributed by atoms with Crippen LogP contribution in [0, 0.1) is 0 Å². The summed E-state index contributed by atoms with van der Waals surface area (Å²) in [6.07, 6.45) is 5.93. The summed E-state index contributed by atoms with van der Waals surface area (Å²) in [5, 5.41) is 66.0. The molecule has 35 heavy (non-hydrogen) atoms. The van der Waals surface area contributed by atoms with Gasteiger partial charge in [-0.05, 0) is 60.7 Å². The van der Waals surface area contributed by atoms with Gasteiger partial charge in [0.2, 0.25) is 0 Å². The lowest BCUT2D eigenvalue weighted by Gasteiger charge is -2.30. The first-order chi connectivity index (χ1) is 16.6. The number of carbonyl (C=O) groups is 1. The summed E-state index contributed by atoms with van der Waals surface area (Å²) in [5.74, 6) is -2.78. The van der Waals surface area contributed by atoms with Crippen LogP contribution in [0.4, 0.5) is 0 Å². The minimum atomic E-state index is -1.17. The summed E-state index contributed by atoms with van der Waals surface area (Å²) < 4.78 is 4.34. The van der Waals surface area contributed by atoms with Crippen LogP contribution in [0.2, 0.25) is 0 Å². The van der Waals surface area contributed by atoms with Crippen molar-refractivity contribution < 1.29 is 45.3 Å². The predicted molar refractivity (Wildman–Crippen MR) is 127 cm³/mol. The van der Waals surface area contributed by atoms with E-state index in [1.165, 1.54) is 13.2 Å². The molecule has 186 valence electrons. The maximum Gasteiger partial charge on any atom is 0.338 e. The van der Waals surface area contributed by atoms with Crippen molar-refractivity contribution in [2.24, 2.45) is 0 Å². The Hall–Kier alpha value is -4.11. The van der Waals surface area contributed by atoms with Crippen LogP contribution in [0.5, 0.6) is 23.0 Å².